The van der Waals surface area contributed by atoms with Gasteiger partial charge in [0, 0.05) is 6.54 Å². The van der Waals surface area contributed by atoms with E-state index in [0.29, 0.717) is 12.3 Å². The standard InChI is InChI=1S/C16H25NO4/c1-16(2,15(19)20-3)12-5-4-8-17(9-12)10-13-6-7-14(11-18)21-13/h6-7,12,18H,4-5,8-11H2,1-3H3/t12-/m1/s1. The number of likely N-dealkylation sites (tertiary alicyclic amines) is 1. The smallest absolute Gasteiger partial charge is 0.311 e. The first kappa shape index (κ1) is 16.0. The first-order chi connectivity index (χ1) is 9.97. The van der Waals surface area contributed by atoms with Crippen LogP contribution in [-0.2, 0) is 22.7 Å². The van der Waals surface area contributed by atoms with Gasteiger partial charge in [0.1, 0.15) is 18.1 Å². The highest BCUT2D eigenvalue weighted by Gasteiger charge is 2.39. The third kappa shape index (κ3) is 3.66. The number of methoxy groups -OCH3 is 1. The van der Waals surface area contributed by atoms with Gasteiger partial charge in [-0.2, -0.15) is 0 Å². The van der Waals surface area contributed by atoms with Gasteiger partial charge in [-0.3, -0.25) is 9.69 Å². The molecule has 118 valence electrons. The number of ether oxygens (including phenoxy) is 1. The summed E-state index contributed by atoms with van der Waals surface area (Å²) in [5, 5.41) is 9.04. The normalized spacial score (nSPS) is 20.5. The molecule has 0 radical (unpaired) electrons. The van der Waals surface area contributed by atoms with E-state index >= 15 is 0 Å². The average Bonchev–Trinajstić information content (AvgIpc) is 2.94. The van der Waals surface area contributed by atoms with E-state index in [-0.39, 0.29) is 18.5 Å². The summed E-state index contributed by atoms with van der Waals surface area (Å²) in [7, 11) is 1.45. The zero-order valence-electron chi connectivity index (χ0n) is 13.1. The van der Waals surface area contributed by atoms with Crippen molar-refractivity contribution in [3.8, 4) is 0 Å². The molecule has 0 aliphatic carbocycles. The number of rotatable bonds is 5. The van der Waals surface area contributed by atoms with Crippen LogP contribution in [0.3, 0.4) is 0 Å². The molecule has 1 fully saturated rings. The van der Waals surface area contributed by atoms with Crippen molar-refractivity contribution in [2.75, 3.05) is 20.2 Å². The Bertz CT molecular complexity index is 480. The highest BCUT2D eigenvalue weighted by molar-refractivity contribution is 5.76. The Hall–Kier alpha value is -1.33. The van der Waals surface area contributed by atoms with E-state index in [4.69, 9.17) is 14.3 Å². The number of esters is 1. The van der Waals surface area contributed by atoms with Crippen molar-refractivity contribution in [3.63, 3.8) is 0 Å². The van der Waals surface area contributed by atoms with Gasteiger partial charge in [0.25, 0.3) is 0 Å². The van der Waals surface area contributed by atoms with E-state index in [1.165, 1.54) is 7.11 Å². The summed E-state index contributed by atoms with van der Waals surface area (Å²) in [4.78, 5) is 14.3. The molecule has 1 aliphatic heterocycles. The SMILES string of the molecule is COC(=O)C(C)(C)[C@@H]1CCCN(Cc2ccc(CO)o2)C1. The van der Waals surface area contributed by atoms with Gasteiger partial charge in [-0.15, -0.1) is 0 Å². The van der Waals surface area contributed by atoms with Crippen LogP contribution in [0.15, 0.2) is 16.5 Å². The van der Waals surface area contributed by atoms with Crippen LogP contribution in [0.1, 0.15) is 38.2 Å². The Kier molecular flexibility index (Phi) is 5.06. The number of piperidine rings is 1. The molecule has 1 saturated heterocycles. The maximum atomic E-state index is 12.0. The summed E-state index contributed by atoms with van der Waals surface area (Å²) in [6.45, 7) is 6.43. The monoisotopic (exact) mass is 295 g/mol. The molecule has 0 aromatic carbocycles. The second kappa shape index (κ2) is 6.62. The minimum Gasteiger partial charge on any atom is -0.469 e. The van der Waals surface area contributed by atoms with Crippen molar-refractivity contribution >= 4 is 5.97 Å². The largest absolute Gasteiger partial charge is 0.469 e. The fraction of sp³-hybridized carbons (Fsp3) is 0.688. The fourth-order valence-electron chi connectivity index (χ4n) is 3.03. The Morgan fingerprint density at radius 2 is 2.19 bits per heavy atom. The minimum absolute atomic E-state index is 0.0714. The van der Waals surface area contributed by atoms with E-state index in [1.54, 1.807) is 6.07 Å². The number of aliphatic hydroxyl groups excluding tert-OH is 1. The first-order valence-electron chi connectivity index (χ1n) is 7.46. The van der Waals surface area contributed by atoms with Gasteiger partial charge in [-0.1, -0.05) is 0 Å². The van der Waals surface area contributed by atoms with Crippen molar-refractivity contribution in [3.05, 3.63) is 23.7 Å². The van der Waals surface area contributed by atoms with Gasteiger partial charge in [-0.25, -0.2) is 0 Å². The third-order valence-corrected chi connectivity index (χ3v) is 4.49. The van der Waals surface area contributed by atoms with Crippen LogP contribution in [-0.4, -0.2) is 36.2 Å². The predicted octanol–water partition coefficient (Wildman–Crippen LogP) is 2.18. The van der Waals surface area contributed by atoms with Crippen molar-refractivity contribution in [1.29, 1.82) is 0 Å². The predicted molar refractivity (Wildman–Crippen MR) is 78.4 cm³/mol. The quantitative estimate of drug-likeness (QED) is 0.844. The number of furan rings is 1. The molecule has 0 amide bonds. The van der Waals surface area contributed by atoms with Gasteiger partial charge >= 0.3 is 5.97 Å². The van der Waals surface area contributed by atoms with Gasteiger partial charge in [-0.05, 0) is 51.3 Å². The van der Waals surface area contributed by atoms with Crippen LogP contribution in [0.2, 0.25) is 0 Å². The molecule has 1 aromatic heterocycles. The summed E-state index contributed by atoms with van der Waals surface area (Å²) in [6, 6.07) is 3.70. The lowest BCUT2D eigenvalue weighted by molar-refractivity contribution is -0.155. The van der Waals surface area contributed by atoms with Crippen molar-refractivity contribution in [2.45, 2.75) is 39.8 Å². The first-order valence-corrected chi connectivity index (χ1v) is 7.46. The van der Waals surface area contributed by atoms with Crippen LogP contribution in [0.5, 0.6) is 0 Å². The topological polar surface area (TPSA) is 62.9 Å². The van der Waals surface area contributed by atoms with Crippen LogP contribution in [0, 0.1) is 11.3 Å². The lowest BCUT2D eigenvalue weighted by Gasteiger charge is -2.39. The van der Waals surface area contributed by atoms with Crippen LogP contribution in [0.25, 0.3) is 0 Å². The lowest BCUT2D eigenvalue weighted by Crippen LogP contribution is -2.44. The van der Waals surface area contributed by atoms with E-state index in [2.05, 4.69) is 4.90 Å². The van der Waals surface area contributed by atoms with E-state index in [9.17, 15) is 4.79 Å². The van der Waals surface area contributed by atoms with Crippen LogP contribution < -0.4 is 0 Å². The number of hydrogen-bond acceptors (Lipinski definition) is 5. The molecule has 0 bridgehead atoms. The highest BCUT2D eigenvalue weighted by atomic mass is 16.5. The zero-order valence-corrected chi connectivity index (χ0v) is 13.1. The Morgan fingerprint density at radius 3 is 2.81 bits per heavy atom. The zero-order chi connectivity index (χ0) is 15.5. The maximum Gasteiger partial charge on any atom is 0.311 e. The molecule has 0 saturated carbocycles. The molecule has 1 aromatic rings. The van der Waals surface area contributed by atoms with Crippen LogP contribution >= 0.6 is 0 Å². The summed E-state index contributed by atoms with van der Waals surface area (Å²) in [6.07, 6.45) is 2.11. The summed E-state index contributed by atoms with van der Waals surface area (Å²) < 4.78 is 10.5. The molecule has 2 rings (SSSR count). The van der Waals surface area contributed by atoms with Crippen molar-refractivity contribution < 1.29 is 19.1 Å². The van der Waals surface area contributed by atoms with E-state index in [0.717, 1.165) is 31.7 Å². The van der Waals surface area contributed by atoms with E-state index in [1.807, 2.05) is 19.9 Å². The molecular weight excluding hydrogens is 270 g/mol. The number of carbonyl (C=O) groups is 1. The van der Waals surface area contributed by atoms with Gasteiger partial charge in [0.15, 0.2) is 0 Å². The lowest BCUT2D eigenvalue weighted by atomic mass is 9.74. The molecule has 5 nitrogen and oxygen atoms in total. The molecule has 2 heterocycles. The van der Waals surface area contributed by atoms with Crippen LogP contribution in [0.4, 0.5) is 0 Å². The molecular formula is C16H25NO4. The van der Waals surface area contributed by atoms with Crippen molar-refractivity contribution in [2.24, 2.45) is 11.3 Å². The fourth-order valence-corrected chi connectivity index (χ4v) is 3.03. The second-order valence-electron chi connectivity index (χ2n) is 6.31. The third-order valence-electron chi connectivity index (χ3n) is 4.49. The Labute approximate surface area is 125 Å². The number of nitrogens with zero attached hydrogens (tertiary/aromatic N) is 1. The molecule has 21 heavy (non-hydrogen) atoms. The maximum absolute atomic E-state index is 12.0. The molecule has 0 unspecified atom stereocenters. The minimum atomic E-state index is -0.465. The molecule has 0 spiro atoms. The summed E-state index contributed by atoms with van der Waals surface area (Å²) in [5.41, 5.74) is -0.465. The molecule has 1 aliphatic rings. The van der Waals surface area contributed by atoms with Gasteiger partial charge < -0.3 is 14.3 Å². The summed E-state index contributed by atoms with van der Waals surface area (Å²) >= 11 is 0. The molecule has 1 N–H and O–H groups in total. The molecule has 5 heteroatoms. The average molecular weight is 295 g/mol. The summed E-state index contributed by atoms with van der Waals surface area (Å²) in [5.74, 6) is 1.59. The van der Waals surface area contributed by atoms with Crippen molar-refractivity contribution in [1.82, 2.24) is 4.90 Å². The number of aliphatic hydroxyl groups is 1. The van der Waals surface area contributed by atoms with Gasteiger partial charge in [0.2, 0.25) is 0 Å². The number of carbonyl (C=O) groups excluding carboxylic acids is 1. The number of hydrogen-bond donors (Lipinski definition) is 1. The van der Waals surface area contributed by atoms with E-state index < -0.39 is 5.41 Å². The highest BCUT2D eigenvalue weighted by Crippen LogP contribution is 2.35. The second-order valence-corrected chi connectivity index (χ2v) is 6.31. The Balaban J connectivity index is 1.98. The Morgan fingerprint density at radius 1 is 1.48 bits per heavy atom. The molecule has 1 atom stereocenters. The van der Waals surface area contributed by atoms with Gasteiger partial charge in [0.05, 0.1) is 19.1 Å².